The normalized spacial score (nSPS) is 16.9. The number of nitrogens with zero attached hydrogens (tertiary/aromatic N) is 3. The number of amides is 1. The fourth-order valence-electron chi connectivity index (χ4n) is 4.10. The van der Waals surface area contributed by atoms with E-state index in [4.69, 9.17) is 5.26 Å². The SMILES string of the molecule is CC.CNc1ccc(NC#N)cc1.O=Cc1ccc(C(=O)NCC2CCN2C2CCCC2)cn1. The highest BCUT2D eigenvalue weighted by Gasteiger charge is 2.35. The maximum atomic E-state index is 12.1. The first kappa shape index (κ1) is 26.8. The van der Waals surface area contributed by atoms with Gasteiger partial charge in [0.05, 0.1) is 5.56 Å². The summed E-state index contributed by atoms with van der Waals surface area (Å²) in [5, 5.41) is 16.8. The van der Waals surface area contributed by atoms with Gasteiger partial charge >= 0.3 is 0 Å². The fraction of sp³-hybridized carbons (Fsp3) is 0.462. The molecule has 1 aromatic carbocycles. The van der Waals surface area contributed by atoms with Gasteiger partial charge in [0.25, 0.3) is 5.91 Å². The van der Waals surface area contributed by atoms with Crippen molar-refractivity contribution < 1.29 is 9.59 Å². The van der Waals surface area contributed by atoms with Crippen molar-refractivity contribution in [1.82, 2.24) is 15.2 Å². The van der Waals surface area contributed by atoms with Gasteiger partial charge < -0.3 is 10.6 Å². The molecular weight excluding hydrogens is 428 g/mol. The zero-order valence-corrected chi connectivity index (χ0v) is 20.4. The van der Waals surface area contributed by atoms with E-state index in [1.54, 1.807) is 12.1 Å². The van der Waals surface area contributed by atoms with Crippen molar-refractivity contribution in [2.45, 2.75) is 58.0 Å². The third-order valence-corrected chi connectivity index (χ3v) is 6.02. The molecule has 1 saturated heterocycles. The molecule has 0 spiro atoms. The number of carbonyl (C=O) groups excluding carboxylic acids is 2. The summed E-state index contributed by atoms with van der Waals surface area (Å²) >= 11 is 0. The number of nitrogens with one attached hydrogen (secondary N) is 3. The molecule has 1 unspecified atom stereocenters. The van der Waals surface area contributed by atoms with E-state index >= 15 is 0 Å². The van der Waals surface area contributed by atoms with Crippen molar-refractivity contribution >= 4 is 23.6 Å². The van der Waals surface area contributed by atoms with Crippen LogP contribution in [0.4, 0.5) is 11.4 Å². The predicted octanol–water partition coefficient (Wildman–Crippen LogP) is 4.29. The molecule has 182 valence electrons. The molecule has 4 rings (SSSR count). The minimum absolute atomic E-state index is 0.113. The molecule has 1 amide bonds. The highest BCUT2D eigenvalue weighted by Crippen LogP contribution is 2.30. The van der Waals surface area contributed by atoms with Crippen LogP contribution in [-0.4, -0.2) is 54.3 Å². The summed E-state index contributed by atoms with van der Waals surface area (Å²) in [5.41, 5.74) is 2.70. The Kier molecular flexibility index (Phi) is 11.6. The third kappa shape index (κ3) is 7.85. The molecule has 2 fully saturated rings. The summed E-state index contributed by atoms with van der Waals surface area (Å²) in [7, 11) is 1.85. The van der Waals surface area contributed by atoms with Gasteiger partial charge in [0.1, 0.15) is 5.69 Å². The van der Waals surface area contributed by atoms with Gasteiger partial charge in [-0.3, -0.25) is 24.8 Å². The monoisotopic (exact) mass is 464 g/mol. The molecule has 1 aliphatic carbocycles. The molecule has 2 aromatic rings. The lowest BCUT2D eigenvalue weighted by Gasteiger charge is -2.45. The van der Waals surface area contributed by atoms with Gasteiger partial charge in [0.15, 0.2) is 12.5 Å². The molecule has 8 heteroatoms. The average molecular weight is 465 g/mol. The van der Waals surface area contributed by atoms with Crippen LogP contribution in [0.15, 0.2) is 42.6 Å². The van der Waals surface area contributed by atoms with Crippen LogP contribution in [0.1, 0.15) is 66.8 Å². The maximum Gasteiger partial charge on any atom is 0.252 e. The van der Waals surface area contributed by atoms with E-state index in [1.807, 2.05) is 51.4 Å². The molecule has 3 N–H and O–H groups in total. The first-order chi connectivity index (χ1) is 16.6. The smallest absolute Gasteiger partial charge is 0.252 e. The van der Waals surface area contributed by atoms with Crippen molar-refractivity contribution in [3.63, 3.8) is 0 Å². The second-order valence-electron chi connectivity index (χ2n) is 7.98. The molecule has 8 nitrogen and oxygen atoms in total. The number of aldehydes is 1. The topological polar surface area (TPSA) is 110 Å². The standard InChI is InChI=1S/C16H21N3O2.C8H9N3.C2H6/c20-11-13-6-5-12(9-17-13)16(21)18-10-15-7-8-19(15)14-3-1-2-4-14;1-10-7-2-4-8(5-3-7)11-6-9;1-2/h5-6,9,11,14-15H,1-4,7-8,10H2,(H,18,21);2-5,10-11H,1H3;1-2H3. The number of hydrogen-bond acceptors (Lipinski definition) is 7. The lowest BCUT2D eigenvalue weighted by molar-refractivity contribution is 0.0425. The number of carbonyl (C=O) groups is 2. The van der Waals surface area contributed by atoms with E-state index < -0.39 is 0 Å². The lowest BCUT2D eigenvalue weighted by atomic mass is 9.98. The summed E-state index contributed by atoms with van der Waals surface area (Å²) in [6.07, 6.45) is 10.4. The largest absolute Gasteiger partial charge is 0.388 e. The Morgan fingerprint density at radius 3 is 2.29 bits per heavy atom. The maximum absolute atomic E-state index is 12.1. The average Bonchev–Trinajstić information content (AvgIpc) is 3.39. The van der Waals surface area contributed by atoms with Crippen LogP contribution < -0.4 is 16.0 Å². The van der Waals surface area contributed by atoms with Crippen molar-refractivity contribution in [3.05, 3.63) is 53.9 Å². The number of hydrogen-bond donors (Lipinski definition) is 3. The minimum atomic E-state index is -0.113. The molecule has 1 aromatic heterocycles. The number of rotatable bonds is 7. The van der Waals surface area contributed by atoms with Crippen LogP contribution in [0.2, 0.25) is 0 Å². The van der Waals surface area contributed by atoms with Gasteiger partial charge in [0.2, 0.25) is 0 Å². The number of aromatic nitrogens is 1. The van der Waals surface area contributed by atoms with Crippen molar-refractivity contribution in [1.29, 1.82) is 5.26 Å². The molecule has 1 atom stereocenters. The van der Waals surface area contributed by atoms with Crippen LogP contribution >= 0.6 is 0 Å². The zero-order chi connectivity index (χ0) is 24.8. The highest BCUT2D eigenvalue weighted by molar-refractivity contribution is 5.94. The van der Waals surface area contributed by atoms with E-state index in [0.717, 1.165) is 17.4 Å². The van der Waals surface area contributed by atoms with Crippen molar-refractivity contribution in [3.8, 4) is 6.19 Å². The van der Waals surface area contributed by atoms with E-state index in [1.165, 1.54) is 44.8 Å². The minimum Gasteiger partial charge on any atom is -0.388 e. The molecule has 34 heavy (non-hydrogen) atoms. The fourth-order valence-corrected chi connectivity index (χ4v) is 4.10. The number of benzene rings is 1. The van der Waals surface area contributed by atoms with Crippen LogP contribution in [0.3, 0.4) is 0 Å². The van der Waals surface area contributed by atoms with Gasteiger partial charge in [-0.1, -0.05) is 26.7 Å². The molecule has 1 saturated carbocycles. The van der Waals surface area contributed by atoms with Crippen molar-refractivity contribution in [2.75, 3.05) is 30.8 Å². The van der Waals surface area contributed by atoms with Crippen LogP contribution in [0, 0.1) is 11.5 Å². The molecule has 0 bridgehead atoms. The van der Waals surface area contributed by atoms with Gasteiger partial charge in [-0.2, -0.15) is 5.26 Å². The van der Waals surface area contributed by atoms with E-state index in [0.29, 0.717) is 30.1 Å². The third-order valence-electron chi connectivity index (χ3n) is 6.02. The molecule has 2 aliphatic rings. The van der Waals surface area contributed by atoms with Gasteiger partial charge in [-0.05, 0) is 55.7 Å². The summed E-state index contributed by atoms with van der Waals surface area (Å²) in [6.45, 7) is 5.87. The Labute approximate surface area is 202 Å². The number of nitriles is 1. The molecule has 1 aliphatic heterocycles. The van der Waals surface area contributed by atoms with E-state index in [9.17, 15) is 9.59 Å². The summed E-state index contributed by atoms with van der Waals surface area (Å²) in [4.78, 5) is 29.1. The highest BCUT2D eigenvalue weighted by atomic mass is 16.1. The van der Waals surface area contributed by atoms with Gasteiger partial charge in [0, 0.05) is 49.8 Å². The Hall–Kier alpha value is -3.44. The second-order valence-corrected chi connectivity index (χ2v) is 7.98. The number of likely N-dealkylation sites (tertiary alicyclic amines) is 1. The summed E-state index contributed by atoms with van der Waals surface area (Å²) in [6, 6.07) is 11.9. The van der Waals surface area contributed by atoms with E-state index in [-0.39, 0.29) is 5.91 Å². The lowest BCUT2D eigenvalue weighted by Crippen LogP contribution is -2.56. The van der Waals surface area contributed by atoms with Gasteiger partial charge in [-0.15, -0.1) is 0 Å². The Morgan fingerprint density at radius 1 is 1.12 bits per heavy atom. The Bertz CT molecular complexity index is 918. The van der Waals surface area contributed by atoms with Crippen LogP contribution in [0.5, 0.6) is 0 Å². The van der Waals surface area contributed by atoms with Crippen molar-refractivity contribution in [2.24, 2.45) is 0 Å². The first-order valence-electron chi connectivity index (χ1n) is 12.0. The van der Waals surface area contributed by atoms with Crippen LogP contribution in [0.25, 0.3) is 0 Å². The first-order valence-corrected chi connectivity index (χ1v) is 12.0. The van der Waals surface area contributed by atoms with Gasteiger partial charge in [-0.25, -0.2) is 0 Å². The second kappa shape index (κ2) is 14.7. The molecular formula is C26H36N6O2. The summed E-state index contributed by atoms with van der Waals surface area (Å²) in [5.74, 6) is -0.113. The summed E-state index contributed by atoms with van der Waals surface area (Å²) < 4.78 is 0. The Balaban J connectivity index is 0.000000266. The predicted molar refractivity (Wildman–Crippen MR) is 136 cm³/mol. The number of anilines is 2. The molecule has 0 radical (unpaired) electrons. The van der Waals surface area contributed by atoms with E-state index in [2.05, 4.69) is 25.8 Å². The molecule has 2 heterocycles. The van der Waals surface area contributed by atoms with Crippen LogP contribution in [-0.2, 0) is 0 Å². The quantitative estimate of drug-likeness (QED) is 0.318. The number of pyridine rings is 1. The zero-order valence-electron chi connectivity index (χ0n) is 20.4. The Morgan fingerprint density at radius 2 is 1.79 bits per heavy atom.